The molecule has 1 aliphatic rings. The van der Waals surface area contributed by atoms with E-state index in [1.807, 2.05) is 4.90 Å². The molecule has 0 aliphatic carbocycles. The maximum absolute atomic E-state index is 12.7. The van der Waals surface area contributed by atoms with Crippen LogP contribution in [0.25, 0.3) is 0 Å². The van der Waals surface area contributed by atoms with Crippen molar-refractivity contribution in [2.75, 3.05) is 31.1 Å². The van der Waals surface area contributed by atoms with Crippen LogP contribution in [0.3, 0.4) is 0 Å². The number of Topliss-reactive ketones (excluding diaryl/α,β-unsaturated/α-hetero) is 1. The number of benzene rings is 2. The molecular weight excluding hydrogens is 374 g/mol. The number of amides is 1. The Morgan fingerprint density at radius 2 is 1.76 bits per heavy atom. The predicted molar refractivity (Wildman–Crippen MR) is 108 cm³/mol. The van der Waals surface area contributed by atoms with Gasteiger partial charge >= 0.3 is 0 Å². The highest BCUT2D eigenvalue weighted by Gasteiger charge is 2.28. The molecule has 0 radical (unpaired) electrons. The summed E-state index contributed by atoms with van der Waals surface area (Å²) in [7, 11) is 0. The third-order valence-corrected chi connectivity index (χ3v) is 4.91. The number of hydrogen-bond acceptors (Lipinski definition) is 6. The number of ether oxygens (including phenoxy) is 1. The van der Waals surface area contributed by atoms with Gasteiger partial charge in [0.05, 0.1) is 4.92 Å². The first-order chi connectivity index (χ1) is 13.9. The molecule has 0 N–H and O–H groups in total. The minimum Gasteiger partial charge on any atom is -0.481 e. The number of carbonyl (C=O) groups excluding carboxylic acids is 2. The fourth-order valence-electron chi connectivity index (χ4n) is 3.35. The van der Waals surface area contributed by atoms with Crippen LogP contribution in [0.1, 0.15) is 24.2 Å². The van der Waals surface area contributed by atoms with E-state index in [-0.39, 0.29) is 17.4 Å². The smallest absolute Gasteiger partial charge is 0.292 e. The summed E-state index contributed by atoms with van der Waals surface area (Å²) in [6.07, 6.45) is -0.699. The van der Waals surface area contributed by atoms with Crippen LogP contribution in [0.15, 0.2) is 48.5 Å². The zero-order valence-corrected chi connectivity index (χ0v) is 16.4. The number of anilines is 1. The van der Waals surface area contributed by atoms with E-state index in [1.54, 1.807) is 54.3 Å². The number of hydrogen-bond donors (Lipinski definition) is 0. The highest BCUT2D eigenvalue weighted by molar-refractivity contribution is 5.94. The highest BCUT2D eigenvalue weighted by Crippen LogP contribution is 2.28. The van der Waals surface area contributed by atoms with Crippen molar-refractivity contribution in [3.05, 3.63) is 64.2 Å². The molecular formula is C21H23N3O5. The summed E-state index contributed by atoms with van der Waals surface area (Å²) in [4.78, 5) is 38.7. The third-order valence-electron chi connectivity index (χ3n) is 4.91. The molecule has 1 heterocycles. The molecule has 8 nitrogen and oxygen atoms in total. The van der Waals surface area contributed by atoms with E-state index in [0.29, 0.717) is 43.2 Å². The van der Waals surface area contributed by atoms with Crippen molar-refractivity contribution >= 4 is 23.1 Å². The first-order valence-corrected chi connectivity index (χ1v) is 9.41. The molecule has 1 fully saturated rings. The van der Waals surface area contributed by atoms with Gasteiger partial charge in [0.25, 0.3) is 11.6 Å². The summed E-state index contributed by atoms with van der Waals surface area (Å²) in [6.45, 7) is 5.06. The standard InChI is InChI=1S/C21H23N3O5/c1-15(25)17-6-5-7-18(14-17)29-16(2)21(26)23-12-10-22(11-13-23)19-8-3-4-9-20(19)24(27)28/h3-9,14,16H,10-13H2,1-2H3. The summed E-state index contributed by atoms with van der Waals surface area (Å²) in [5, 5.41) is 11.2. The van der Waals surface area contributed by atoms with Crippen LogP contribution < -0.4 is 9.64 Å². The largest absolute Gasteiger partial charge is 0.481 e. The average Bonchev–Trinajstić information content (AvgIpc) is 2.73. The van der Waals surface area contributed by atoms with Crippen molar-refractivity contribution in [3.8, 4) is 5.75 Å². The number of nitro groups is 1. The summed E-state index contributed by atoms with van der Waals surface area (Å²) in [5.74, 6) is 0.248. The number of ketones is 1. The van der Waals surface area contributed by atoms with Gasteiger partial charge in [0, 0.05) is 37.8 Å². The topological polar surface area (TPSA) is 93.0 Å². The lowest BCUT2D eigenvalue weighted by Gasteiger charge is -2.36. The number of nitro benzene ring substituents is 1. The lowest BCUT2D eigenvalue weighted by molar-refractivity contribution is -0.384. The first kappa shape index (κ1) is 20.3. The minimum atomic E-state index is -0.699. The molecule has 29 heavy (non-hydrogen) atoms. The molecule has 1 saturated heterocycles. The van der Waals surface area contributed by atoms with Gasteiger partial charge in [-0.15, -0.1) is 0 Å². The van der Waals surface area contributed by atoms with Gasteiger partial charge in [0.1, 0.15) is 11.4 Å². The molecule has 8 heteroatoms. The Bertz CT molecular complexity index is 922. The van der Waals surface area contributed by atoms with Crippen LogP contribution in [0.4, 0.5) is 11.4 Å². The fraction of sp³-hybridized carbons (Fsp3) is 0.333. The monoisotopic (exact) mass is 397 g/mol. The zero-order chi connectivity index (χ0) is 21.0. The number of carbonyl (C=O) groups is 2. The van der Waals surface area contributed by atoms with Gasteiger partial charge in [-0.3, -0.25) is 19.7 Å². The zero-order valence-electron chi connectivity index (χ0n) is 16.4. The van der Waals surface area contributed by atoms with Crippen LogP contribution in [0.2, 0.25) is 0 Å². The van der Waals surface area contributed by atoms with Crippen molar-refractivity contribution in [2.45, 2.75) is 20.0 Å². The second-order valence-corrected chi connectivity index (χ2v) is 6.90. The van der Waals surface area contributed by atoms with Crippen LogP contribution in [-0.2, 0) is 4.79 Å². The van der Waals surface area contributed by atoms with Crippen LogP contribution in [0.5, 0.6) is 5.75 Å². The number of nitrogens with zero attached hydrogens (tertiary/aromatic N) is 3. The van der Waals surface area contributed by atoms with Crippen LogP contribution in [0, 0.1) is 10.1 Å². The number of para-hydroxylation sites is 2. The Morgan fingerprint density at radius 3 is 2.41 bits per heavy atom. The fourth-order valence-corrected chi connectivity index (χ4v) is 3.35. The lowest BCUT2D eigenvalue weighted by atomic mass is 10.1. The Morgan fingerprint density at radius 1 is 1.07 bits per heavy atom. The normalized spacial score (nSPS) is 15.0. The van der Waals surface area contributed by atoms with E-state index < -0.39 is 11.0 Å². The Balaban J connectivity index is 1.61. The van der Waals surface area contributed by atoms with E-state index in [4.69, 9.17) is 4.74 Å². The molecule has 1 unspecified atom stereocenters. The Hall–Kier alpha value is -3.42. The van der Waals surface area contributed by atoms with Gasteiger partial charge in [0.15, 0.2) is 11.9 Å². The second-order valence-electron chi connectivity index (χ2n) is 6.90. The van der Waals surface area contributed by atoms with Crippen molar-refractivity contribution < 1.29 is 19.2 Å². The maximum atomic E-state index is 12.7. The van der Waals surface area contributed by atoms with Gasteiger partial charge in [-0.05, 0) is 32.0 Å². The summed E-state index contributed by atoms with van der Waals surface area (Å²) >= 11 is 0. The predicted octanol–water partition coefficient (Wildman–Crippen LogP) is 2.91. The lowest BCUT2D eigenvalue weighted by Crippen LogP contribution is -2.52. The van der Waals surface area contributed by atoms with Gasteiger partial charge in [-0.25, -0.2) is 0 Å². The molecule has 0 bridgehead atoms. The van der Waals surface area contributed by atoms with Crippen molar-refractivity contribution in [1.29, 1.82) is 0 Å². The van der Waals surface area contributed by atoms with Gasteiger partial charge in [-0.1, -0.05) is 24.3 Å². The Kier molecular flexibility index (Phi) is 6.11. The maximum Gasteiger partial charge on any atom is 0.292 e. The Labute approximate surface area is 168 Å². The van der Waals surface area contributed by atoms with Gasteiger partial charge in [0.2, 0.25) is 0 Å². The third kappa shape index (κ3) is 4.71. The molecule has 1 aliphatic heterocycles. The van der Waals surface area contributed by atoms with Gasteiger partial charge < -0.3 is 14.5 Å². The molecule has 2 aromatic carbocycles. The number of rotatable bonds is 6. The second kappa shape index (κ2) is 8.72. The van der Waals surface area contributed by atoms with E-state index in [9.17, 15) is 19.7 Å². The van der Waals surface area contributed by atoms with Crippen molar-refractivity contribution in [1.82, 2.24) is 4.90 Å². The molecule has 0 saturated carbocycles. The van der Waals surface area contributed by atoms with Crippen molar-refractivity contribution in [3.63, 3.8) is 0 Å². The molecule has 0 spiro atoms. The summed E-state index contributed by atoms with van der Waals surface area (Å²) in [6, 6.07) is 13.4. The van der Waals surface area contributed by atoms with Crippen LogP contribution in [-0.4, -0.2) is 53.8 Å². The highest BCUT2D eigenvalue weighted by atomic mass is 16.6. The molecule has 1 amide bonds. The van der Waals surface area contributed by atoms with Gasteiger partial charge in [-0.2, -0.15) is 0 Å². The van der Waals surface area contributed by atoms with E-state index in [0.717, 1.165) is 0 Å². The summed E-state index contributed by atoms with van der Waals surface area (Å²) < 4.78 is 5.74. The molecule has 3 rings (SSSR count). The number of piperazine rings is 1. The molecule has 1 atom stereocenters. The van der Waals surface area contributed by atoms with Crippen molar-refractivity contribution in [2.24, 2.45) is 0 Å². The first-order valence-electron chi connectivity index (χ1n) is 9.41. The minimum absolute atomic E-state index is 0.0642. The van der Waals surface area contributed by atoms with E-state index >= 15 is 0 Å². The molecule has 0 aromatic heterocycles. The summed E-state index contributed by atoms with van der Waals surface area (Å²) in [5.41, 5.74) is 1.16. The molecule has 2 aromatic rings. The average molecular weight is 397 g/mol. The quantitative estimate of drug-likeness (QED) is 0.423. The van der Waals surface area contributed by atoms with E-state index in [2.05, 4.69) is 0 Å². The SMILES string of the molecule is CC(=O)c1cccc(OC(C)C(=O)N2CCN(c3ccccc3[N+](=O)[O-])CC2)c1. The van der Waals surface area contributed by atoms with E-state index in [1.165, 1.54) is 13.0 Å². The molecule has 152 valence electrons. The van der Waals surface area contributed by atoms with Crippen LogP contribution >= 0.6 is 0 Å².